The van der Waals surface area contributed by atoms with Crippen LogP contribution in [0.2, 0.25) is 0 Å². The average Bonchev–Trinajstić information content (AvgIpc) is 3.28. The number of benzene rings is 2. The van der Waals surface area contributed by atoms with E-state index in [9.17, 15) is 9.59 Å². The van der Waals surface area contributed by atoms with E-state index in [4.69, 9.17) is 4.42 Å². The lowest BCUT2D eigenvalue weighted by Gasteiger charge is -2.48. The number of rotatable bonds is 3. The number of hydrogen-bond acceptors (Lipinski definition) is 4. The molecule has 3 aromatic rings. The molecular weight excluding hydrogens is 380 g/mol. The van der Waals surface area contributed by atoms with Gasteiger partial charge in [-0.1, -0.05) is 36.4 Å². The molecule has 5 rings (SSSR count). The Bertz CT molecular complexity index is 1140. The largest absolute Gasteiger partial charge is 0.417 e. The number of oxazole rings is 1. The highest BCUT2D eigenvalue weighted by molar-refractivity contribution is 6.01. The minimum Gasteiger partial charge on any atom is -0.406 e. The van der Waals surface area contributed by atoms with E-state index >= 15 is 0 Å². The second-order valence-electron chi connectivity index (χ2n) is 8.76. The number of carbonyl (C=O) groups excluding carboxylic acids is 1. The Labute approximate surface area is 174 Å². The molecule has 1 saturated heterocycles. The summed E-state index contributed by atoms with van der Waals surface area (Å²) in [7, 11) is 4.28. The van der Waals surface area contributed by atoms with Crippen LogP contribution in [0.4, 0.5) is 10.5 Å². The summed E-state index contributed by atoms with van der Waals surface area (Å²) in [6, 6.07) is 15.9. The van der Waals surface area contributed by atoms with Crippen LogP contribution in [0.25, 0.3) is 11.1 Å². The minimum atomic E-state index is -0.511. The first-order valence-electron chi connectivity index (χ1n) is 10.4. The summed E-state index contributed by atoms with van der Waals surface area (Å²) in [5, 5.41) is 3.26. The molecule has 1 aliphatic heterocycles. The van der Waals surface area contributed by atoms with Gasteiger partial charge >= 0.3 is 11.8 Å². The molecule has 30 heavy (non-hydrogen) atoms. The third-order valence-electron chi connectivity index (χ3n) is 7.00. The number of nitrogens with one attached hydrogen (secondary N) is 2. The standard InChI is InChI=1S/C23H26N4O3/c1-26(2)23(16-7-4-3-5-8-16)13-11-22(12-14-23)15-27(20(28)25-22)18-10-6-9-17-19(18)30-21(29)24-17/h3-10H,11-15H2,1-2H3,(H,24,29)(H,25,28)/t22-,23+. The normalized spacial score (nSPS) is 26.6. The fourth-order valence-corrected chi connectivity index (χ4v) is 5.24. The number of aromatic amines is 1. The molecule has 7 heteroatoms. The molecule has 2 fully saturated rings. The predicted octanol–water partition coefficient (Wildman–Crippen LogP) is 3.42. The van der Waals surface area contributed by atoms with Gasteiger partial charge in [-0.3, -0.25) is 14.8 Å². The second kappa shape index (κ2) is 6.74. The minimum absolute atomic E-state index is 0.0297. The van der Waals surface area contributed by atoms with Crippen molar-refractivity contribution in [2.45, 2.75) is 36.8 Å². The van der Waals surface area contributed by atoms with E-state index in [1.54, 1.807) is 11.0 Å². The first kappa shape index (κ1) is 18.9. The maximum absolute atomic E-state index is 12.9. The molecule has 2 heterocycles. The van der Waals surface area contributed by atoms with Crippen LogP contribution in [-0.2, 0) is 5.54 Å². The van der Waals surface area contributed by atoms with Crippen molar-refractivity contribution in [2.75, 3.05) is 25.5 Å². The average molecular weight is 406 g/mol. The number of para-hydroxylation sites is 1. The van der Waals surface area contributed by atoms with Crippen molar-refractivity contribution >= 4 is 22.8 Å². The van der Waals surface area contributed by atoms with E-state index in [0.717, 1.165) is 25.7 Å². The topological polar surface area (TPSA) is 81.6 Å². The molecule has 1 spiro atoms. The van der Waals surface area contributed by atoms with Gasteiger partial charge < -0.3 is 9.73 Å². The Balaban J connectivity index is 1.43. The summed E-state index contributed by atoms with van der Waals surface area (Å²) in [5.74, 6) is -0.511. The number of hydrogen-bond donors (Lipinski definition) is 2. The Hall–Kier alpha value is -3.06. The van der Waals surface area contributed by atoms with E-state index in [-0.39, 0.29) is 17.1 Å². The zero-order valence-corrected chi connectivity index (χ0v) is 17.3. The van der Waals surface area contributed by atoms with Crippen molar-refractivity contribution in [1.82, 2.24) is 15.2 Å². The van der Waals surface area contributed by atoms with E-state index in [2.05, 4.69) is 53.6 Å². The maximum Gasteiger partial charge on any atom is 0.417 e. The molecule has 1 aliphatic carbocycles. The van der Waals surface area contributed by atoms with Crippen LogP contribution in [0, 0.1) is 0 Å². The molecule has 1 aromatic heterocycles. The lowest BCUT2D eigenvalue weighted by molar-refractivity contribution is 0.0658. The highest BCUT2D eigenvalue weighted by Gasteiger charge is 2.50. The van der Waals surface area contributed by atoms with Gasteiger partial charge in [0.1, 0.15) is 0 Å². The number of H-pyrrole nitrogens is 1. The van der Waals surface area contributed by atoms with Gasteiger partial charge in [0.2, 0.25) is 0 Å². The maximum atomic E-state index is 12.9. The third kappa shape index (κ3) is 2.84. The van der Waals surface area contributed by atoms with Crippen molar-refractivity contribution in [3.05, 3.63) is 64.6 Å². The number of aromatic nitrogens is 1. The quantitative estimate of drug-likeness (QED) is 0.698. The van der Waals surface area contributed by atoms with Gasteiger partial charge in [-0.25, -0.2) is 9.59 Å². The number of carbonyl (C=O) groups is 1. The smallest absolute Gasteiger partial charge is 0.406 e. The summed E-state index contributed by atoms with van der Waals surface area (Å²) >= 11 is 0. The Morgan fingerprint density at radius 2 is 1.70 bits per heavy atom. The fraction of sp³-hybridized carbons (Fsp3) is 0.391. The summed E-state index contributed by atoms with van der Waals surface area (Å²) in [6.07, 6.45) is 3.69. The van der Waals surface area contributed by atoms with Gasteiger partial charge in [0.15, 0.2) is 5.58 Å². The van der Waals surface area contributed by atoms with Crippen molar-refractivity contribution in [2.24, 2.45) is 0 Å². The number of urea groups is 1. The lowest BCUT2D eigenvalue weighted by atomic mass is 9.69. The molecule has 0 radical (unpaired) electrons. The molecule has 2 aromatic carbocycles. The van der Waals surface area contributed by atoms with Gasteiger partial charge in [0.05, 0.1) is 23.3 Å². The highest BCUT2D eigenvalue weighted by atomic mass is 16.4. The van der Waals surface area contributed by atoms with Crippen LogP contribution in [0.1, 0.15) is 31.2 Å². The third-order valence-corrected chi connectivity index (χ3v) is 7.00. The van der Waals surface area contributed by atoms with Gasteiger partial charge in [-0.15, -0.1) is 0 Å². The molecule has 0 bridgehead atoms. The van der Waals surface area contributed by atoms with Gasteiger partial charge in [0, 0.05) is 5.54 Å². The van der Waals surface area contributed by atoms with Crippen LogP contribution in [0.3, 0.4) is 0 Å². The molecule has 2 N–H and O–H groups in total. The monoisotopic (exact) mass is 406 g/mol. The van der Waals surface area contributed by atoms with E-state index in [1.807, 2.05) is 18.2 Å². The van der Waals surface area contributed by atoms with Crippen LogP contribution >= 0.6 is 0 Å². The number of amides is 2. The Morgan fingerprint density at radius 3 is 2.40 bits per heavy atom. The molecule has 0 unspecified atom stereocenters. The summed E-state index contributed by atoms with van der Waals surface area (Å²) in [4.78, 5) is 31.3. The Kier molecular flexibility index (Phi) is 4.25. The fourth-order valence-electron chi connectivity index (χ4n) is 5.24. The SMILES string of the molecule is CN(C)[C@]1(c2ccccc2)CC[C@]2(CC1)CN(c1cccc3[nH]c(=O)oc13)C(=O)N2. The molecule has 1 saturated carbocycles. The van der Waals surface area contributed by atoms with Crippen LogP contribution in [0.15, 0.2) is 57.7 Å². The molecular formula is C23H26N4O3. The molecule has 7 nitrogen and oxygen atoms in total. The number of anilines is 1. The van der Waals surface area contributed by atoms with Crippen molar-refractivity contribution in [1.29, 1.82) is 0 Å². The van der Waals surface area contributed by atoms with E-state index in [1.165, 1.54) is 5.56 Å². The Morgan fingerprint density at radius 1 is 0.967 bits per heavy atom. The van der Waals surface area contributed by atoms with Crippen LogP contribution in [0.5, 0.6) is 0 Å². The van der Waals surface area contributed by atoms with Crippen molar-refractivity contribution < 1.29 is 9.21 Å². The predicted molar refractivity (Wildman–Crippen MR) is 116 cm³/mol. The first-order chi connectivity index (χ1) is 14.4. The first-order valence-corrected chi connectivity index (χ1v) is 10.4. The summed E-state index contributed by atoms with van der Waals surface area (Å²) in [5.41, 5.74) is 2.68. The van der Waals surface area contributed by atoms with Crippen molar-refractivity contribution in [3.63, 3.8) is 0 Å². The molecule has 0 atom stereocenters. The number of fused-ring (bicyclic) bond motifs is 1. The van der Waals surface area contributed by atoms with Gasteiger partial charge in [-0.2, -0.15) is 0 Å². The highest BCUT2D eigenvalue weighted by Crippen LogP contribution is 2.46. The van der Waals surface area contributed by atoms with Gasteiger partial charge in [-0.05, 0) is 57.5 Å². The molecule has 2 amide bonds. The molecule has 2 aliphatic rings. The van der Waals surface area contributed by atoms with Crippen molar-refractivity contribution in [3.8, 4) is 0 Å². The van der Waals surface area contributed by atoms with Crippen LogP contribution < -0.4 is 16.0 Å². The zero-order chi connectivity index (χ0) is 20.9. The summed E-state index contributed by atoms with van der Waals surface area (Å²) < 4.78 is 5.32. The lowest BCUT2D eigenvalue weighted by Crippen LogP contribution is -2.54. The van der Waals surface area contributed by atoms with Crippen LogP contribution in [-0.4, -0.2) is 42.1 Å². The zero-order valence-electron chi connectivity index (χ0n) is 17.3. The second-order valence-corrected chi connectivity index (χ2v) is 8.76. The molecule has 156 valence electrons. The number of nitrogens with zero attached hydrogens (tertiary/aromatic N) is 2. The van der Waals surface area contributed by atoms with E-state index in [0.29, 0.717) is 23.3 Å². The van der Waals surface area contributed by atoms with Gasteiger partial charge in [0.25, 0.3) is 0 Å². The van der Waals surface area contributed by atoms with E-state index < -0.39 is 5.76 Å². The summed E-state index contributed by atoms with van der Waals surface area (Å²) in [6.45, 7) is 0.568.